The number of piperidine rings is 1. The van der Waals surface area contributed by atoms with Crippen molar-refractivity contribution in [1.29, 1.82) is 0 Å². The first-order valence-corrected chi connectivity index (χ1v) is 10.6. The highest BCUT2D eigenvalue weighted by molar-refractivity contribution is 5.94. The second-order valence-electron chi connectivity index (χ2n) is 8.38. The van der Waals surface area contributed by atoms with Gasteiger partial charge in [-0.1, -0.05) is 22.9 Å². The molecule has 2 aliphatic heterocycles. The second-order valence-corrected chi connectivity index (χ2v) is 8.38. The van der Waals surface area contributed by atoms with Crippen LogP contribution in [0.15, 0.2) is 22.7 Å². The van der Waals surface area contributed by atoms with Crippen LogP contribution in [0.4, 0.5) is 0 Å². The molecule has 7 nitrogen and oxygen atoms in total. The first-order chi connectivity index (χ1) is 14.4. The van der Waals surface area contributed by atoms with Crippen LogP contribution in [0.1, 0.15) is 40.0 Å². The maximum absolute atomic E-state index is 13.1. The van der Waals surface area contributed by atoms with E-state index in [0.29, 0.717) is 50.8 Å². The molecule has 160 valence electrons. The third-order valence-corrected chi connectivity index (χ3v) is 6.03. The maximum atomic E-state index is 13.1. The number of hydrogen-bond acceptors (Lipinski definition) is 5. The average Bonchev–Trinajstić information content (AvgIpc) is 3.22. The smallest absolute Gasteiger partial charge is 0.276 e. The number of likely N-dealkylation sites (tertiary alicyclic amines) is 1. The summed E-state index contributed by atoms with van der Waals surface area (Å²) in [4.78, 5) is 29.5. The van der Waals surface area contributed by atoms with Crippen molar-refractivity contribution >= 4 is 11.8 Å². The van der Waals surface area contributed by atoms with Crippen molar-refractivity contribution in [3.63, 3.8) is 0 Å². The normalized spacial score (nSPS) is 19.8. The fourth-order valence-electron chi connectivity index (χ4n) is 4.63. The van der Waals surface area contributed by atoms with Gasteiger partial charge in [-0.05, 0) is 44.7 Å². The Morgan fingerprint density at radius 2 is 1.70 bits per heavy atom. The summed E-state index contributed by atoms with van der Waals surface area (Å²) in [6, 6.07) is 5.91. The van der Waals surface area contributed by atoms with Gasteiger partial charge in [0.15, 0.2) is 11.5 Å². The zero-order chi connectivity index (χ0) is 21.3. The zero-order valence-electron chi connectivity index (χ0n) is 17.9. The summed E-state index contributed by atoms with van der Waals surface area (Å²) in [5.41, 5.74) is 4.65. The van der Waals surface area contributed by atoms with Crippen LogP contribution in [0.5, 0.6) is 0 Å². The third kappa shape index (κ3) is 4.12. The highest BCUT2D eigenvalue weighted by Gasteiger charge is 2.33. The first-order valence-electron chi connectivity index (χ1n) is 10.6. The summed E-state index contributed by atoms with van der Waals surface area (Å²) in [6.07, 6.45) is 1.62. The zero-order valence-corrected chi connectivity index (χ0v) is 17.9. The lowest BCUT2D eigenvalue weighted by atomic mass is 9.95. The fraction of sp³-hybridized carbons (Fsp3) is 0.522. The molecule has 2 amide bonds. The van der Waals surface area contributed by atoms with Crippen LogP contribution in [0, 0.1) is 26.7 Å². The lowest BCUT2D eigenvalue weighted by molar-refractivity contribution is -0.141. The van der Waals surface area contributed by atoms with E-state index < -0.39 is 0 Å². The van der Waals surface area contributed by atoms with Crippen molar-refractivity contribution in [3.8, 4) is 11.3 Å². The van der Waals surface area contributed by atoms with Gasteiger partial charge in [-0.2, -0.15) is 0 Å². The number of rotatable bonds is 3. The molecular formula is C23H29N3O4. The van der Waals surface area contributed by atoms with E-state index in [2.05, 4.69) is 24.2 Å². The Morgan fingerprint density at radius 1 is 1.00 bits per heavy atom. The number of ether oxygens (including phenoxy) is 1. The van der Waals surface area contributed by atoms with Crippen LogP contribution in [0.3, 0.4) is 0 Å². The van der Waals surface area contributed by atoms with Crippen molar-refractivity contribution in [2.75, 3.05) is 39.4 Å². The number of benzene rings is 1. The second kappa shape index (κ2) is 8.60. The van der Waals surface area contributed by atoms with E-state index in [1.54, 1.807) is 11.0 Å². The minimum atomic E-state index is -0.174. The van der Waals surface area contributed by atoms with Gasteiger partial charge in [0.2, 0.25) is 5.91 Å². The van der Waals surface area contributed by atoms with Gasteiger partial charge < -0.3 is 19.1 Å². The molecule has 0 saturated carbocycles. The highest BCUT2D eigenvalue weighted by atomic mass is 16.5. The van der Waals surface area contributed by atoms with Gasteiger partial charge in [-0.25, -0.2) is 0 Å². The number of aryl methyl sites for hydroxylation is 3. The monoisotopic (exact) mass is 411 g/mol. The van der Waals surface area contributed by atoms with Gasteiger partial charge in [-0.3, -0.25) is 9.59 Å². The molecule has 1 atom stereocenters. The van der Waals surface area contributed by atoms with E-state index in [4.69, 9.17) is 9.26 Å². The van der Waals surface area contributed by atoms with Gasteiger partial charge in [-0.15, -0.1) is 0 Å². The van der Waals surface area contributed by atoms with Crippen LogP contribution < -0.4 is 0 Å². The van der Waals surface area contributed by atoms with E-state index in [9.17, 15) is 9.59 Å². The lowest BCUT2D eigenvalue weighted by Gasteiger charge is -2.35. The van der Waals surface area contributed by atoms with Gasteiger partial charge >= 0.3 is 0 Å². The summed E-state index contributed by atoms with van der Waals surface area (Å²) in [6.45, 7) is 9.62. The predicted molar refractivity (Wildman–Crippen MR) is 112 cm³/mol. The minimum absolute atomic E-state index is 0.127. The van der Waals surface area contributed by atoms with E-state index in [-0.39, 0.29) is 17.7 Å². The lowest BCUT2D eigenvalue weighted by Crippen LogP contribution is -2.49. The molecule has 0 N–H and O–H groups in total. The topological polar surface area (TPSA) is 75.9 Å². The Hall–Kier alpha value is -2.67. The molecule has 30 heavy (non-hydrogen) atoms. The van der Waals surface area contributed by atoms with Crippen molar-refractivity contribution in [1.82, 2.24) is 15.0 Å². The summed E-state index contributed by atoms with van der Waals surface area (Å²) in [5.74, 6) is 0.398. The Bertz CT molecular complexity index is 923. The van der Waals surface area contributed by atoms with E-state index >= 15 is 0 Å². The number of carbonyl (C=O) groups excluding carboxylic acids is 2. The standard InChI is InChI=1S/C23H29N3O4/c1-15-11-16(2)21(17(3)12-15)20-13-19(24-30-20)23(28)26-6-4-5-18(14-26)22(27)25-7-9-29-10-8-25/h11-13,18H,4-10,14H2,1-3H3/t18-/m0/s1. The van der Waals surface area contributed by atoms with Crippen LogP contribution in [0.25, 0.3) is 11.3 Å². The minimum Gasteiger partial charge on any atom is -0.378 e. The summed E-state index contributed by atoms with van der Waals surface area (Å²) in [7, 11) is 0. The van der Waals surface area contributed by atoms with E-state index in [1.165, 1.54) is 5.56 Å². The maximum Gasteiger partial charge on any atom is 0.276 e. The fourth-order valence-corrected chi connectivity index (χ4v) is 4.63. The molecule has 2 aromatic rings. The van der Waals surface area contributed by atoms with Crippen LogP contribution in [-0.2, 0) is 9.53 Å². The van der Waals surface area contributed by atoms with Crippen molar-refractivity contribution in [2.45, 2.75) is 33.6 Å². The molecule has 0 spiro atoms. The molecule has 2 aliphatic rings. The van der Waals surface area contributed by atoms with E-state index in [0.717, 1.165) is 29.5 Å². The number of aromatic nitrogens is 1. The van der Waals surface area contributed by atoms with E-state index in [1.807, 2.05) is 18.7 Å². The molecule has 0 radical (unpaired) electrons. The number of morpholine rings is 1. The van der Waals surface area contributed by atoms with Crippen LogP contribution >= 0.6 is 0 Å². The summed E-state index contributed by atoms with van der Waals surface area (Å²) in [5, 5.41) is 4.05. The largest absolute Gasteiger partial charge is 0.378 e. The number of carbonyl (C=O) groups is 2. The number of nitrogens with zero attached hydrogens (tertiary/aromatic N) is 3. The predicted octanol–water partition coefficient (Wildman–Crippen LogP) is 2.98. The number of amides is 2. The molecule has 1 aromatic heterocycles. The van der Waals surface area contributed by atoms with Gasteiger partial charge in [0.25, 0.3) is 5.91 Å². The Labute approximate surface area is 177 Å². The van der Waals surface area contributed by atoms with Gasteiger partial charge in [0.05, 0.1) is 19.1 Å². The molecule has 2 fully saturated rings. The number of hydrogen-bond donors (Lipinski definition) is 0. The molecule has 2 saturated heterocycles. The van der Waals surface area contributed by atoms with Crippen molar-refractivity contribution in [3.05, 3.63) is 40.6 Å². The molecule has 7 heteroatoms. The summed E-state index contributed by atoms with van der Waals surface area (Å²) >= 11 is 0. The molecular weight excluding hydrogens is 382 g/mol. The third-order valence-electron chi connectivity index (χ3n) is 6.03. The molecule has 0 aliphatic carbocycles. The molecule has 1 aromatic carbocycles. The van der Waals surface area contributed by atoms with Gasteiger partial charge in [0.1, 0.15) is 0 Å². The SMILES string of the molecule is Cc1cc(C)c(-c2cc(C(=O)N3CCC[C@H](C(=O)N4CCOCC4)C3)no2)c(C)c1. The molecule has 0 unspecified atom stereocenters. The Kier molecular flexibility index (Phi) is 5.90. The van der Waals surface area contributed by atoms with Gasteiger partial charge in [0, 0.05) is 37.8 Å². The van der Waals surface area contributed by atoms with Crippen molar-refractivity contribution in [2.24, 2.45) is 5.92 Å². The summed E-state index contributed by atoms with van der Waals surface area (Å²) < 4.78 is 10.9. The molecule has 3 heterocycles. The average molecular weight is 412 g/mol. The van der Waals surface area contributed by atoms with Crippen molar-refractivity contribution < 1.29 is 18.8 Å². The quantitative estimate of drug-likeness (QED) is 0.776. The highest BCUT2D eigenvalue weighted by Crippen LogP contribution is 2.30. The van der Waals surface area contributed by atoms with Crippen LogP contribution in [0.2, 0.25) is 0 Å². The Morgan fingerprint density at radius 3 is 2.40 bits per heavy atom. The van der Waals surface area contributed by atoms with Crippen LogP contribution in [-0.4, -0.2) is 66.2 Å². The Balaban J connectivity index is 1.48. The molecule has 0 bridgehead atoms. The molecule has 4 rings (SSSR count). The first kappa shape index (κ1) is 20.6.